The lowest BCUT2D eigenvalue weighted by atomic mass is 10.3. The number of carboxylic acids is 2. The minimum atomic E-state index is -1.46. The molecule has 98 valence electrons. The highest BCUT2D eigenvalue weighted by molar-refractivity contribution is 5.98. The van der Waals surface area contributed by atoms with Crippen molar-refractivity contribution in [1.29, 1.82) is 0 Å². The van der Waals surface area contributed by atoms with Crippen LogP contribution in [0.4, 0.5) is 0 Å². The number of methoxy groups -OCH3 is 1. The molecule has 0 saturated carbocycles. The third-order valence-corrected chi connectivity index (χ3v) is 2.32. The van der Waals surface area contributed by atoms with Crippen LogP contribution in [0.5, 0.6) is 5.75 Å². The van der Waals surface area contributed by atoms with Gasteiger partial charge in [-0.1, -0.05) is 12.1 Å². The second-order valence-electron chi connectivity index (χ2n) is 3.47. The molecule has 2 rings (SSSR count). The number of ether oxygens (including phenoxy) is 1. The monoisotopic (exact) mass is 263 g/mol. The van der Waals surface area contributed by atoms with Gasteiger partial charge in [0.2, 0.25) is 11.4 Å². The highest BCUT2D eigenvalue weighted by atomic mass is 16.5. The topological polar surface area (TPSA) is 115 Å². The summed E-state index contributed by atoms with van der Waals surface area (Å²) >= 11 is 0. The molecular formula is C11H9N3O5. The van der Waals surface area contributed by atoms with Crippen LogP contribution in [0.25, 0.3) is 5.69 Å². The molecule has 0 saturated heterocycles. The molecule has 0 unspecified atom stereocenters. The van der Waals surface area contributed by atoms with E-state index < -0.39 is 23.3 Å². The van der Waals surface area contributed by atoms with Crippen LogP contribution < -0.4 is 4.74 Å². The molecule has 0 atom stereocenters. The fourth-order valence-corrected chi connectivity index (χ4v) is 1.50. The molecule has 19 heavy (non-hydrogen) atoms. The Bertz CT molecular complexity index is 618. The summed E-state index contributed by atoms with van der Waals surface area (Å²) in [7, 11) is 1.43. The van der Waals surface area contributed by atoms with Gasteiger partial charge in [-0.3, -0.25) is 0 Å². The number of rotatable bonds is 4. The van der Waals surface area contributed by atoms with Gasteiger partial charge in [0, 0.05) is 0 Å². The van der Waals surface area contributed by atoms with Crippen LogP contribution in [0.15, 0.2) is 24.3 Å². The first kappa shape index (κ1) is 12.6. The fraction of sp³-hybridized carbons (Fsp3) is 0.0909. The van der Waals surface area contributed by atoms with E-state index >= 15 is 0 Å². The Morgan fingerprint density at radius 3 is 2.11 bits per heavy atom. The summed E-state index contributed by atoms with van der Waals surface area (Å²) in [5.74, 6) is -2.52. The number of para-hydroxylation sites is 2. The largest absolute Gasteiger partial charge is 0.494 e. The molecule has 0 fully saturated rings. The van der Waals surface area contributed by atoms with Crippen LogP contribution >= 0.6 is 0 Å². The van der Waals surface area contributed by atoms with Gasteiger partial charge in [-0.2, -0.15) is 0 Å². The zero-order valence-electron chi connectivity index (χ0n) is 9.77. The predicted molar refractivity (Wildman–Crippen MR) is 61.8 cm³/mol. The van der Waals surface area contributed by atoms with E-state index in [0.29, 0.717) is 11.4 Å². The number of carboxylic acid groups (broad SMARTS) is 2. The summed E-state index contributed by atoms with van der Waals surface area (Å²) in [4.78, 5) is 22.8. The van der Waals surface area contributed by atoms with Crippen molar-refractivity contribution in [3.05, 3.63) is 35.7 Å². The summed E-state index contributed by atoms with van der Waals surface area (Å²) < 4.78 is 5.07. The molecule has 0 aliphatic heterocycles. The Kier molecular flexibility index (Phi) is 3.15. The molecule has 1 aromatic heterocycles. The highest BCUT2D eigenvalue weighted by Gasteiger charge is 2.24. The van der Waals surface area contributed by atoms with Crippen LogP contribution in [-0.4, -0.2) is 44.3 Å². The van der Waals surface area contributed by atoms with E-state index in [1.54, 1.807) is 24.3 Å². The SMILES string of the molecule is COc1ccccc1-n1nc(C(=O)O)c(C(=O)O)n1. The summed E-state index contributed by atoms with van der Waals surface area (Å²) in [6.45, 7) is 0. The number of nitrogens with zero attached hydrogens (tertiary/aromatic N) is 3. The van der Waals surface area contributed by atoms with Crippen molar-refractivity contribution in [3.63, 3.8) is 0 Å². The van der Waals surface area contributed by atoms with Crippen molar-refractivity contribution in [2.75, 3.05) is 7.11 Å². The van der Waals surface area contributed by atoms with Gasteiger partial charge in [-0.25, -0.2) is 9.59 Å². The Hall–Kier alpha value is -2.90. The summed E-state index contributed by atoms with van der Waals surface area (Å²) in [6.07, 6.45) is 0. The Morgan fingerprint density at radius 2 is 1.63 bits per heavy atom. The second kappa shape index (κ2) is 4.77. The maximum Gasteiger partial charge on any atom is 0.359 e. The van der Waals surface area contributed by atoms with Gasteiger partial charge in [0.25, 0.3) is 0 Å². The molecule has 0 aliphatic rings. The average molecular weight is 263 g/mol. The lowest BCUT2D eigenvalue weighted by molar-refractivity contribution is 0.0644. The number of aromatic nitrogens is 3. The van der Waals surface area contributed by atoms with Crippen LogP contribution in [-0.2, 0) is 0 Å². The number of hydrogen-bond acceptors (Lipinski definition) is 5. The first-order valence-electron chi connectivity index (χ1n) is 5.12. The van der Waals surface area contributed by atoms with Crippen LogP contribution in [0.3, 0.4) is 0 Å². The van der Waals surface area contributed by atoms with E-state index in [1.807, 2.05) is 0 Å². The summed E-state index contributed by atoms with van der Waals surface area (Å²) in [6, 6.07) is 6.58. The quantitative estimate of drug-likeness (QED) is 0.833. The maximum absolute atomic E-state index is 10.9. The van der Waals surface area contributed by atoms with Crippen LogP contribution in [0.1, 0.15) is 21.0 Å². The van der Waals surface area contributed by atoms with E-state index in [0.717, 1.165) is 4.80 Å². The molecule has 0 spiro atoms. The fourth-order valence-electron chi connectivity index (χ4n) is 1.50. The normalized spacial score (nSPS) is 10.2. The van der Waals surface area contributed by atoms with E-state index in [4.69, 9.17) is 14.9 Å². The van der Waals surface area contributed by atoms with E-state index in [9.17, 15) is 9.59 Å². The molecule has 1 aromatic carbocycles. The molecule has 2 N–H and O–H groups in total. The van der Waals surface area contributed by atoms with Gasteiger partial charge < -0.3 is 14.9 Å². The van der Waals surface area contributed by atoms with Gasteiger partial charge in [-0.05, 0) is 12.1 Å². The number of carbonyl (C=O) groups is 2. The van der Waals surface area contributed by atoms with E-state index in [2.05, 4.69) is 10.2 Å². The minimum absolute atomic E-state index is 0.347. The highest BCUT2D eigenvalue weighted by Crippen LogP contribution is 2.21. The zero-order chi connectivity index (χ0) is 14.0. The second-order valence-corrected chi connectivity index (χ2v) is 3.47. The molecule has 0 amide bonds. The molecule has 8 heteroatoms. The van der Waals surface area contributed by atoms with Gasteiger partial charge in [-0.15, -0.1) is 15.0 Å². The predicted octanol–water partition coefficient (Wildman–Crippen LogP) is 0.672. The summed E-state index contributed by atoms with van der Waals surface area (Å²) in [5.41, 5.74) is -0.906. The van der Waals surface area contributed by atoms with Crippen molar-refractivity contribution < 1.29 is 24.5 Å². The Balaban J connectivity index is 2.61. The molecule has 1 heterocycles. The number of benzene rings is 1. The van der Waals surface area contributed by atoms with Crippen molar-refractivity contribution in [1.82, 2.24) is 15.0 Å². The third kappa shape index (κ3) is 2.23. The van der Waals surface area contributed by atoms with Crippen molar-refractivity contribution in [3.8, 4) is 11.4 Å². The van der Waals surface area contributed by atoms with Gasteiger partial charge in [0.15, 0.2) is 0 Å². The van der Waals surface area contributed by atoms with Gasteiger partial charge in [0.1, 0.15) is 11.4 Å². The van der Waals surface area contributed by atoms with Crippen LogP contribution in [0.2, 0.25) is 0 Å². The standard InChI is InChI=1S/C11H9N3O5/c1-19-7-5-3-2-4-6(7)14-12-8(10(15)16)9(13-14)11(17)18/h2-5H,1H3,(H,15,16)(H,17,18). The average Bonchev–Trinajstić information content (AvgIpc) is 2.84. The number of aromatic carboxylic acids is 2. The Morgan fingerprint density at radius 1 is 1.11 bits per heavy atom. The molecule has 2 aromatic rings. The van der Waals surface area contributed by atoms with E-state index in [-0.39, 0.29) is 0 Å². The third-order valence-electron chi connectivity index (χ3n) is 2.32. The van der Waals surface area contributed by atoms with Gasteiger partial charge in [0.05, 0.1) is 7.11 Å². The molecular weight excluding hydrogens is 254 g/mol. The smallest absolute Gasteiger partial charge is 0.359 e. The lowest BCUT2D eigenvalue weighted by Gasteiger charge is -2.05. The first-order valence-corrected chi connectivity index (χ1v) is 5.12. The summed E-state index contributed by atoms with van der Waals surface area (Å²) in [5, 5.41) is 25.1. The molecule has 8 nitrogen and oxygen atoms in total. The Labute approximate surface area is 106 Å². The molecule has 0 aliphatic carbocycles. The zero-order valence-corrected chi connectivity index (χ0v) is 9.77. The molecule has 0 bridgehead atoms. The van der Waals surface area contributed by atoms with Crippen molar-refractivity contribution in [2.24, 2.45) is 0 Å². The van der Waals surface area contributed by atoms with Crippen LogP contribution in [0, 0.1) is 0 Å². The van der Waals surface area contributed by atoms with E-state index in [1.165, 1.54) is 7.11 Å². The van der Waals surface area contributed by atoms with Crippen molar-refractivity contribution >= 4 is 11.9 Å². The number of hydrogen-bond donors (Lipinski definition) is 2. The molecule has 0 radical (unpaired) electrons. The van der Waals surface area contributed by atoms with Gasteiger partial charge >= 0.3 is 11.9 Å². The minimum Gasteiger partial charge on any atom is -0.494 e. The first-order chi connectivity index (χ1) is 9.04. The maximum atomic E-state index is 10.9. The van der Waals surface area contributed by atoms with Crippen molar-refractivity contribution in [2.45, 2.75) is 0 Å². The lowest BCUT2D eigenvalue weighted by Crippen LogP contribution is -2.07.